The Bertz CT molecular complexity index is 1630. The Morgan fingerprint density at radius 1 is 1.05 bits per heavy atom. The van der Waals surface area contributed by atoms with Crippen LogP contribution in [0, 0.1) is 5.82 Å². The van der Waals surface area contributed by atoms with Gasteiger partial charge in [-0.25, -0.2) is 23.6 Å². The van der Waals surface area contributed by atoms with Crippen LogP contribution in [0.2, 0.25) is 0 Å². The van der Waals surface area contributed by atoms with Crippen LogP contribution >= 0.6 is 0 Å². The van der Waals surface area contributed by atoms with Gasteiger partial charge in [0.1, 0.15) is 5.82 Å². The summed E-state index contributed by atoms with van der Waals surface area (Å²) >= 11 is 0. The van der Waals surface area contributed by atoms with Crippen molar-refractivity contribution in [1.82, 2.24) is 19.3 Å². The second-order valence-electron chi connectivity index (χ2n) is 8.03. The zero-order valence-corrected chi connectivity index (χ0v) is 19.2. The maximum Gasteiger partial charge on any atom is 0.490 e. The van der Waals surface area contributed by atoms with Crippen LogP contribution in [0.3, 0.4) is 0 Å². The Kier molecular flexibility index (Phi) is 7.11. The van der Waals surface area contributed by atoms with E-state index in [2.05, 4.69) is 10.2 Å². The molecule has 0 aliphatic carbocycles. The summed E-state index contributed by atoms with van der Waals surface area (Å²) in [5.74, 6) is -2.63. The summed E-state index contributed by atoms with van der Waals surface area (Å²) in [4.78, 5) is 21.7. The number of hydrogen-bond donors (Lipinski definition) is 3. The van der Waals surface area contributed by atoms with Gasteiger partial charge < -0.3 is 15.4 Å². The lowest BCUT2D eigenvalue weighted by Crippen LogP contribution is -2.21. The summed E-state index contributed by atoms with van der Waals surface area (Å²) in [6.07, 6.45) is -2.44. The highest BCUT2D eigenvalue weighted by atomic mass is 19.4. The zero-order chi connectivity index (χ0) is 26.7. The summed E-state index contributed by atoms with van der Waals surface area (Å²) in [7, 11) is 0. The van der Waals surface area contributed by atoms with E-state index in [0.29, 0.717) is 30.0 Å². The number of nitrogens with two attached hydrogens (primary N) is 1. The molecule has 37 heavy (non-hydrogen) atoms. The molecule has 4 N–H and O–H groups in total. The van der Waals surface area contributed by atoms with E-state index < -0.39 is 12.1 Å². The van der Waals surface area contributed by atoms with Crippen molar-refractivity contribution >= 4 is 27.6 Å². The molecule has 8 nitrogen and oxygen atoms in total. The Balaban J connectivity index is 0.000000405. The lowest BCUT2D eigenvalue weighted by Gasteiger charge is -2.08. The first kappa shape index (κ1) is 25.6. The second kappa shape index (κ2) is 10.3. The molecule has 0 saturated heterocycles. The number of carboxylic acid groups (broad SMARTS) is 1. The lowest BCUT2D eigenvalue weighted by atomic mass is 10.0. The highest BCUT2D eigenvalue weighted by molar-refractivity contribution is 5.96. The fraction of sp³-hybridized carbons (Fsp3) is 0.160. The van der Waals surface area contributed by atoms with Gasteiger partial charge in [-0.1, -0.05) is 42.5 Å². The number of halogens is 4. The molecule has 5 aromatic rings. The number of alkyl halides is 3. The monoisotopic (exact) mass is 515 g/mol. The molecular weight excluding hydrogens is 494 g/mol. The minimum atomic E-state index is -5.08. The molecule has 0 aliphatic heterocycles. The van der Waals surface area contributed by atoms with Crippen LogP contribution in [0.25, 0.3) is 38.8 Å². The largest absolute Gasteiger partial charge is 0.490 e. The number of carboxylic acids is 1. The molecule has 2 heterocycles. The summed E-state index contributed by atoms with van der Waals surface area (Å²) in [5.41, 5.74) is 7.56. The van der Waals surface area contributed by atoms with Gasteiger partial charge in [0, 0.05) is 23.7 Å². The fourth-order valence-corrected chi connectivity index (χ4v) is 4.00. The van der Waals surface area contributed by atoms with E-state index in [0.717, 1.165) is 28.3 Å². The van der Waals surface area contributed by atoms with Crippen molar-refractivity contribution in [2.75, 3.05) is 6.54 Å². The standard InChI is InChI=1S/C23H20FN5O.C2HF3O2/c24-16-9-10-20-19(13-16)21(14-28(20)12-4-11-25)29-22(26-27-23(29)30)18-8-3-6-15-5-1-2-7-17(15)18;3-2(4,5)1(6)7/h1-3,5-10,13-14H,4,11-12,25H2,(H,27,30);(H,6,7). The van der Waals surface area contributed by atoms with Crippen LogP contribution in [0.5, 0.6) is 0 Å². The van der Waals surface area contributed by atoms with Gasteiger partial charge in [-0.2, -0.15) is 18.3 Å². The molecule has 0 unspecified atom stereocenters. The number of aryl methyl sites for hydroxylation is 1. The average Bonchev–Trinajstić information content (AvgIpc) is 3.41. The van der Waals surface area contributed by atoms with Crippen molar-refractivity contribution in [2.45, 2.75) is 19.1 Å². The fourth-order valence-electron chi connectivity index (χ4n) is 4.00. The highest BCUT2D eigenvalue weighted by Crippen LogP contribution is 2.31. The van der Waals surface area contributed by atoms with Crippen molar-refractivity contribution in [1.29, 1.82) is 0 Å². The molecular formula is C25H21F4N5O3. The van der Waals surface area contributed by atoms with Gasteiger partial charge in [0.05, 0.1) is 11.2 Å². The van der Waals surface area contributed by atoms with Gasteiger partial charge in [0.25, 0.3) is 0 Å². The van der Waals surface area contributed by atoms with Crippen molar-refractivity contribution in [3.8, 4) is 17.1 Å². The molecule has 0 aliphatic rings. The lowest BCUT2D eigenvalue weighted by molar-refractivity contribution is -0.192. The highest BCUT2D eigenvalue weighted by Gasteiger charge is 2.38. The van der Waals surface area contributed by atoms with Crippen LogP contribution in [0.1, 0.15) is 6.42 Å². The third kappa shape index (κ3) is 5.23. The van der Waals surface area contributed by atoms with Gasteiger partial charge in [-0.3, -0.25) is 0 Å². The molecule has 0 bridgehead atoms. The van der Waals surface area contributed by atoms with Gasteiger partial charge >= 0.3 is 17.8 Å². The van der Waals surface area contributed by atoms with Crippen LogP contribution < -0.4 is 11.4 Å². The molecule has 0 saturated carbocycles. The Morgan fingerprint density at radius 3 is 2.46 bits per heavy atom. The third-order valence-corrected chi connectivity index (χ3v) is 5.61. The first-order chi connectivity index (χ1) is 17.6. The number of benzene rings is 3. The van der Waals surface area contributed by atoms with E-state index in [1.807, 2.05) is 53.2 Å². The SMILES string of the molecule is NCCCn1cc(-n2c(-c3cccc4ccccc34)n[nH]c2=O)c2cc(F)ccc21.O=C(O)C(F)(F)F. The van der Waals surface area contributed by atoms with Crippen molar-refractivity contribution in [3.63, 3.8) is 0 Å². The Labute approximate surface area is 206 Å². The number of aliphatic carboxylic acids is 1. The van der Waals surface area contributed by atoms with Crippen molar-refractivity contribution < 1.29 is 27.5 Å². The molecule has 0 radical (unpaired) electrons. The minimum absolute atomic E-state index is 0.358. The van der Waals surface area contributed by atoms with Gasteiger partial charge in [-0.15, -0.1) is 0 Å². The number of hydrogen-bond acceptors (Lipinski definition) is 4. The number of rotatable bonds is 5. The molecule has 3 aromatic carbocycles. The van der Waals surface area contributed by atoms with E-state index in [1.54, 1.807) is 6.07 Å². The number of aromatic nitrogens is 4. The second-order valence-corrected chi connectivity index (χ2v) is 8.03. The maximum atomic E-state index is 14.1. The molecule has 0 atom stereocenters. The molecule has 12 heteroatoms. The Morgan fingerprint density at radius 2 is 1.76 bits per heavy atom. The first-order valence-corrected chi connectivity index (χ1v) is 11.1. The number of nitrogens with zero attached hydrogens (tertiary/aromatic N) is 3. The number of H-pyrrole nitrogens is 1. The van der Waals surface area contributed by atoms with Crippen LogP contribution in [-0.4, -0.2) is 43.1 Å². The van der Waals surface area contributed by atoms with E-state index in [1.165, 1.54) is 16.7 Å². The van der Waals surface area contributed by atoms with Gasteiger partial charge in [-0.05, 0) is 41.9 Å². The summed E-state index contributed by atoms with van der Waals surface area (Å²) < 4.78 is 49.4. The minimum Gasteiger partial charge on any atom is -0.475 e. The molecule has 192 valence electrons. The van der Waals surface area contributed by atoms with E-state index in [9.17, 15) is 22.4 Å². The van der Waals surface area contributed by atoms with E-state index >= 15 is 0 Å². The average molecular weight is 515 g/mol. The smallest absolute Gasteiger partial charge is 0.475 e. The molecule has 5 rings (SSSR count). The summed E-state index contributed by atoms with van der Waals surface area (Å²) in [6, 6.07) is 18.4. The predicted octanol–water partition coefficient (Wildman–Crippen LogP) is 4.46. The third-order valence-electron chi connectivity index (χ3n) is 5.61. The summed E-state index contributed by atoms with van der Waals surface area (Å²) in [5, 5.41) is 16.7. The van der Waals surface area contributed by atoms with Crippen molar-refractivity contribution in [2.24, 2.45) is 5.73 Å². The molecule has 0 amide bonds. The number of fused-ring (bicyclic) bond motifs is 2. The number of nitrogens with one attached hydrogen (secondary N) is 1. The predicted molar refractivity (Wildman–Crippen MR) is 130 cm³/mol. The summed E-state index contributed by atoms with van der Waals surface area (Å²) in [6.45, 7) is 1.22. The maximum absolute atomic E-state index is 14.1. The Hall–Kier alpha value is -4.45. The number of carbonyl (C=O) groups is 1. The first-order valence-electron chi connectivity index (χ1n) is 11.1. The molecule has 0 spiro atoms. The number of aromatic amines is 1. The quantitative estimate of drug-likeness (QED) is 0.299. The van der Waals surface area contributed by atoms with Crippen LogP contribution in [0.15, 0.2) is 71.7 Å². The van der Waals surface area contributed by atoms with Gasteiger partial charge in [0.2, 0.25) is 0 Å². The van der Waals surface area contributed by atoms with E-state index in [4.69, 9.17) is 15.6 Å². The molecule has 2 aromatic heterocycles. The van der Waals surface area contributed by atoms with Gasteiger partial charge in [0.15, 0.2) is 5.82 Å². The topological polar surface area (TPSA) is 119 Å². The van der Waals surface area contributed by atoms with Crippen LogP contribution in [-0.2, 0) is 11.3 Å². The van der Waals surface area contributed by atoms with Crippen LogP contribution in [0.4, 0.5) is 17.6 Å². The molecule has 0 fully saturated rings. The van der Waals surface area contributed by atoms with Crippen molar-refractivity contribution in [3.05, 3.63) is 83.2 Å². The zero-order valence-electron chi connectivity index (χ0n) is 19.2. The normalized spacial score (nSPS) is 11.5. The van der Waals surface area contributed by atoms with E-state index in [-0.39, 0.29) is 11.5 Å².